The minimum absolute atomic E-state index is 4.64. The maximum absolute atomic E-state index is 13.3. The SMILES string of the molecule is FC1=C(C(F)(F)F)C(C(F)(F)F)(C(F)(F)F)C1(C(F)(F)F)C(F)(F)F. The van der Waals surface area contributed by atoms with Crippen molar-refractivity contribution in [2.75, 3.05) is 0 Å². The van der Waals surface area contributed by atoms with Crippen LogP contribution in [0.2, 0.25) is 0 Å². The van der Waals surface area contributed by atoms with Gasteiger partial charge in [0, 0.05) is 0 Å². The molecule has 0 nitrogen and oxygen atoms in total. The van der Waals surface area contributed by atoms with Crippen LogP contribution >= 0.6 is 0 Å². The Morgan fingerprint density at radius 3 is 0.840 bits per heavy atom. The minimum Gasteiger partial charge on any atom is -0.210 e. The molecule has 0 atom stereocenters. The van der Waals surface area contributed by atoms with E-state index in [4.69, 9.17) is 0 Å². The summed E-state index contributed by atoms with van der Waals surface area (Å²) in [7, 11) is 0. The fourth-order valence-electron chi connectivity index (χ4n) is 2.68. The van der Waals surface area contributed by atoms with Crippen molar-refractivity contribution in [2.45, 2.75) is 30.9 Å². The van der Waals surface area contributed by atoms with Crippen LogP contribution in [-0.4, -0.2) is 30.9 Å². The summed E-state index contributed by atoms with van der Waals surface area (Å²) in [5.41, 5.74) is -19.8. The fraction of sp³-hybridized carbons (Fsp3) is 0.778. The zero-order valence-corrected chi connectivity index (χ0v) is 10.5. The standard InChI is InChI=1S/C9F16/c10-2-1(5(11,12)13)3(6(14,15)16,7(17,18)19)4(2,8(20,21)22)9(23,24)25. The number of alkyl halides is 15. The Morgan fingerprint density at radius 2 is 0.680 bits per heavy atom. The lowest BCUT2D eigenvalue weighted by Crippen LogP contribution is -2.78. The van der Waals surface area contributed by atoms with Crippen molar-refractivity contribution in [1.29, 1.82) is 0 Å². The van der Waals surface area contributed by atoms with Crippen molar-refractivity contribution < 1.29 is 70.2 Å². The lowest BCUT2D eigenvalue weighted by atomic mass is 9.47. The van der Waals surface area contributed by atoms with Gasteiger partial charge in [-0.3, -0.25) is 0 Å². The fourth-order valence-corrected chi connectivity index (χ4v) is 2.68. The maximum atomic E-state index is 13.3. The van der Waals surface area contributed by atoms with E-state index in [-0.39, 0.29) is 0 Å². The van der Waals surface area contributed by atoms with Crippen molar-refractivity contribution in [1.82, 2.24) is 0 Å². The molecule has 0 aromatic heterocycles. The molecule has 0 N–H and O–H groups in total. The van der Waals surface area contributed by atoms with Gasteiger partial charge in [0.2, 0.25) is 10.8 Å². The van der Waals surface area contributed by atoms with Crippen LogP contribution in [0, 0.1) is 10.8 Å². The van der Waals surface area contributed by atoms with Crippen LogP contribution < -0.4 is 0 Å². The van der Waals surface area contributed by atoms with Gasteiger partial charge < -0.3 is 0 Å². The molecule has 1 aliphatic rings. The van der Waals surface area contributed by atoms with E-state index in [1.54, 1.807) is 0 Å². The molecule has 0 heterocycles. The summed E-state index contributed by atoms with van der Waals surface area (Å²) in [5.74, 6) is -4.66. The summed E-state index contributed by atoms with van der Waals surface area (Å²) in [4.78, 5) is 0. The average molecular weight is 412 g/mol. The van der Waals surface area contributed by atoms with Gasteiger partial charge in [-0.05, 0) is 0 Å². The Balaban J connectivity index is 4.32. The molecule has 0 spiro atoms. The molecule has 0 aliphatic heterocycles. The summed E-state index contributed by atoms with van der Waals surface area (Å²) in [6.07, 6.45) is -38.3. The van der Waals surface area contributed by atoms with E-state index in [0.29, 0.717) is 0 Å². The van der Waals surface area contributed by atoms with Crippen LogP contribution in [0.5, 0.6) is 0 Å². The first kappa shape index (κ1) is 21.7. The third kappa shape index (κ3) is 2.23. The maximum Gasteiger partial charge on any atom is 0.416 e. The highest BCUT2D eigenvalue weighted by Crippen LogP contribution is 2.83. The number of rotatable bonds is 0. The molecule has 0 bridgehead atoms. The second kappa shape index (κ2) is 4.86. The Kier molecular flexibility index (Phi) is 4.22. The van der Waals surface area contributed by atoms with Gasteiger partial charge in [-0.2, -0.15) is 65.9 Å². The molecule has 1 rings (SSSR count). The first-order valence-electron chi connectivity index (χ1n) is 5.27. The first-order valence-corrected chi connectivity index (χ1v) is 5.27. The summed E-state index contributed by atoms with van der Waals surface area (Å²) in [6, 6.07) is 0. The Hall–Kier alpha value is -1.38. The molecule has 148 valence electrons. The lowest BCUT2D eigenvalue weighted by Gasteiger charge is -2.58. The largest absolute Gasteiger partial charge is 0.416 e. The zero-order valence-electron chi connectivity index (χ0n) is 10.5. The van der Waals surface area contributed by atoms with E-state index in [9.17, 15) is 70.2 Å². The second-order valence-corrected chi connectivity index (χ2v) is 4.68. The molecule has 16 heteroatoms. The van der Waals surface area contributed by atoms with Crippen LogP contribution in [0.25, 0.3) is 0 Å². The third-order valence-corrected chi connectivity index (χ3v) is 3.47. The van der Waals surface area contributed by atoms with Gasteiger partial charge in [0.05, 0.1) is 5.57 Å². The van der Waals surface area contributed by atoms with E-state index < -0.39 is 53.1 Å². The van der Waals surface area contributed by atoms with Crippen LogP contribution in [0.1, 0.15) is 0 Å². The summed E-state index contributed by atoms with van der Waals surface area (Å²) >= 11 is 0. The molecule has 1 aliphatic carbocycles. The number of allylic oxidation sites excluding steroid dienone is 2. The highest BCUT2D eigenvalue weighted by molar-refractivity contribution is 5.50. The smallest absolute Gasteiger partial charge is 0.210 e. The highest BCUT2D eigenvalue weighted by Gasteiger charge is 3.03. The molecule has 0 saturated carbocycles. The third-order valence-electron chi connectivity index (χ3n) is 3.47. The molecule has 0 amide bonds. The molecule has 0 saturated heterocycles. The highest BCUT2D eigenvalue weighted by atomic mass is 19.4. The Labute approximate surface area is 125 Å². The van der Waals surface area contributed by atoms with E-state index >= 15 is 0 Å². The normalized spacial score (nSPS) is 22.1. The molecular formula is C9F16. The van der Waals surface area contributed by atoms with Gasteiger partial charge in [-0.15, -0.1) is 0 Å². The second-order valence-electron chi connectivity index (χ2n) is 4.68. The molecule has 0 fully saturated rings. The van der Waals surface area contributed by atoms with Gasteiger partial charge in [-0.1, -0.05) is 0 Å². The minimum atomic E-state index is -7.85. The first-order chi connectivity index (χ1) is 10.5. The van der Waals surface area contributed by atoms with Gasteiger partial charge in [-0.25, -0.2) is 4.39 Å². The van der Waals surface area contributed by atoms with Gasteiger partial charge in [0.1, 0.15) is 5.83 Å². The van der Waals surface area contributed by atoms with Crippen molar-refractivity contribution in [3.8, 4) is 0 Å². The predicted molar refractivity (Wildman–Crippen MR) is 43.3 cm³/mol. The molecule has 0 aromatic carbocycles. The van der Waals surface area contributed by atoms with Crippen LogP contribution in [0.15, 0.2) is 11.4 Å². The number of hydrogen-bond donors (Lipinski definition) is 0. The number of hydrogen-bond acceptors (Lipinski definition) is 0. The molecule has 0 unspecified atom stereocenters. The summed E-state index contributed by atoms with van der Waals surface area (Å²) in [5, 5.41) is 0. The Bertz CT molecular complexity index is 543. The molecule has 0 radical (unpaired) electrons. The van der Waals surface area contributed by atoms with Gasteiger partial charge >= 0.3 is 30.9 Å². The Morgan fingerprint density at radius 1 is 0.440 bits per heavy atom. The van der Waals surface area contributed by atoms with E-state index in [0.717, 1.165) is 0 Å². The predicted octanol–water partition coefficient (Wildman–Crippen LogP) is 6.01. The van der Waals surface area contributed by atoms with Crippen molar-refractivity contribution in [3.63, 3.8) is 0 Å². The monoisotopic (exact) mass is 412 g/mol. The van der Waals surface area contributed by atoms with E-state index in [1.807, 2.05) is 0 Å². The van der Waals surface area contributed by atoms with Gasteiger partial charge in [0.15, 0.2) is 0 Å². The lowest BCUT2D eigenvalue weighted by molar-refractivity contribution is -0.475. The number of halogens is 16. The average Bonchev–Trinajstić information content (AvgIpc) is 2.14. The van der Waals surface area contributed by atoms with Crippen molar-refractivity contribution in [3.05, 3.63) is 11.4 Å². The van der Waals surface area contributed by atoms with Crippen LogP contribution in [0.3, 0.4) is 0 Å². The molecule has 25 heavy (non-hydrogen) atoms. The van der Waals surface area contributed by atoms with E-state index in [1.165, 1.54) is 0 Å². The van der Waals surface area contributed by atoms with Crippen LogP contribution in [-0.2, 0) is 0 Å². The summed E-state index contributed by atoms with van der Waals surface area (Å²) < 4.78 is 203. The van der Waals surface area contributed by atoms with Crippen LogP contribution in [0.4, 0.5) is 70.2 Å². The zero-order chi connectivity index (χ0) is 20.7. The van der Waals surface area contributed by atoms with Crippen molar-refractivity contribution in [2.24, 2.45) is 10.8 Å². The molecular weight excluding hydrogens is 412 g/mol. The molecule has 0 aromatic rings. The summed E-state index contributed by atoms with van der Waals surface area (Å²) in [6.45, 7) is 0. The van der Waals surface area contributed by atoms with E-state index in [2.05, 4.69) is 0 Å². The van der Waals surface area contributed by atoms with Gasteiger partial charge in [0.25, 0.3) is 0 Å². The quantitative estimate of drug-likeness (QED) is 0.428. The van der Waals surface area contributed by atoms with Crippen molar-refractivity contribution >= 4 is 0 Å². The topological polar surface area (TPSA) is 0 Å².